The van der Waals surface area contributed by atoms with Crippen LogP contribution in [0.2, 0.25) is 0 Å². The van der Waals surface area contributed by atoms with Crippen LogP contribution >= 0.6 is 11.3 Å². The van der Waals surface area contributed by atoms with E-state index in [0.717, 1.165) is 12.3 Å². The Morgan fingerprint density at radius 1 is 1.82 bits per heavy atom. The first-order chi connectivity index (χ1) is 5.33. The van der Waals surface area contributed by atoms with E-state index in [1.165, 1.54) is 11.3 Å². The second kappa shape index (κ2) is 4.31. The molecule has 0 amide bonds. The first-order valence-electron chi connectivity index (χ1n) is 3.45. The minimum absolute atomic E-state index is 0.604. The fraction of sp³-hybridized carbons (Fsp3) is 0.429. The average molecular weight is 171 g/mol. The number of nitrogen functional groups attached to an aromatic ring is 1. The SMILES string of the molecule is CCOC[CH]c1csc(N)n1. The van der Waals surface area contributed by atoms with Crippen molar-refractivity contribution in [3.63, 3.8) is 0 Å². The largest absolute Gasteiger partial charge is 0.381 e. The molecule has 0 aromatic carbocycles. The van der Waals surface area contributed by atoms with Crippen LogP contribution in [0, 0.1) is 6.42 Å². The maximum atomic E-state index is 5.43. The van der Waals surface area contributed by atoms with Crippen LogP contribution in [-0.2, 0) is 4.74 Å². The summed E-state index contributed by atoms with van der Waals surface area (Å²) < 4.78 is 5.11. The highest BCUT2D eigenvalue weighted by molar-refractivity contribution is 7.13. The molecule has 1 aromatic rings. The van der Waals surface area contributed by atoms with E-state index in [-0.39, 0.29) is 0 Å². The van der Waals surface area contributed by atoms with Crippen LogP contribution in [0.5, 0.6) is 0 Å². The van der Waals surface area contributed by atoms with Crippen LogP contribution in [0.3, 0.4) is 0 Å². The highest BCUT2D eigenvalue weighted by Crippen LogP contribution is 2.12. The van der Waals surface area contributed by atoms with Gasteiger partial charge in [-0.25, -0.2) is 4.98 Å². The molecule has 0 spiro atoms. The van der Waals surface area contributed by atoms with Crippen molar-refractivity contribution >= 4 is 16.5 Å². The van der Waals surface area contributed by atoms with E-state index in [2.05, 4.69) is 4.98 Å². The fourth-order valence-corrected chi connectivity index (χ4v) is 1.21. The summed E-state index contributed by atoms with van der Waals surface area (Å²) in [7, 11) is 0. The third-order valence-electron chi connectivity index (χ3n) is 1.15. The standard InChI is InChI=1S/C7H11N2OS/c1-2-10-4-3-6-5-11-7(8)9-6/h3,5H,2,4H2,1H3,(H2,8,9). The van der Waals surface area contributed by atoms with E-state index < -0.39 is 0 Å². The molecule has 0 atom stereocenters. The zero-order valence-corrected chi connectivity index (χ0v) is 7.23. The Balaban J connectivity index is 2.27. The molecular formula is C7H11N2OS. The van der Waals surface area contributed by atoms with Crippen molar-refractivity contribution in [1.29, 1.82) is 0 Å². The zero-order valence-electron chi connectivity index (χ0n) is 6.41. The van der Waals surface area contributed by atoms with Crippen LogP contribution in [-0.4, -0.2) is 18.2 Å². The second-order valence-electron chi connectivity index (χ2n) is 1.97. The van der Waals surface area contributed by atoms with Gasteiger partial charge in [-0.3, -0.25) is 0 Å². The second-order valence-corrected chi connectivity index (χ2v) is 2.86. The lowest BCUT2D eigenvalue weighted by atomic mass is 10.4. The van der Waals surface area contributed by atoms with Gasteiger partial charge in [0, 0.05) is 18.4 Å². The molecule has 61 valence electrons. The number of nitrogens with two attached hydrogens (primary N) is 1. The van der Waals surface area contributed by atoms with E-state index in [9.17, 15) is 0 Å². The van der Waals surface area contributed by atoms with Gasteiger partial charge in [-0.1, -0.05) is 0 Å². The number of thiazole rings is 1. The summed E-state index contributed by atoms with van der Waals surface area (Å²) in [5.41, 5.74) is 6.33. The summed E-state index contributed by atoms with van der Waals surface area (Å²) in [6.45, 7) is 3.30. The summed E-state index contributed by atoms with van der Waals surface area (Å²) in [5.74, 6) is 0. The van der Waals surface area contributed by atoms with Crippen LogP contribution in [0.1, 0.15) is 12.6 Å². The van der Waals surface area contributed by atoms with Crippen molar-refractivity contribution in [3.8, 4) is 0 Å². The molecule has 11 heavy (non-hydrogen) atoms. The first-order valence-corrected chi connectivity index (χ1v) is 4.33. The molecule has 0 fully saturated rings. The molecule has 1 aromatic heterocycles. The Morgan fingerprint density at radius 2 is 2.64 bits per heavy atom. The topological polar surface area (TPSA) is 48.1 Å². The molecule has 4 heteroatoms. The third-order valence-corrected chi connectivity index (χ3v) is 1.85. The predicted molar refractivity (Wildman–Crippen MR) is 46.4 cm³/mol. The number of hydrogen-bond acceptors (Lipinski definition) is 4. The number of ether oxygens (including phenoxy) is 1. The maximum Gasteiger partial charge on any atom is 0.180 e. The smallest absolute Gasteiger partial charge is 0.180 e. The number of hydrogen-bond donors (Lipinski definition) is 1. The van der Waals surface area contributed by atoms with Crippen LogP contribution in [0.15, 0.2) is 5.38 Å². The molecule has 3 nitrogen and oxygen atoms in total. The Labute approximate surface area is 70.2 Å². The van der Waals surface area contributed by atoms with Crippen molar-refractivity contribution < 1.29 is 4.74 Å². The van der Waals surface area contributed by atoms with Gasteiger partial charge >= 0.3 is 0 Å². The molecule has 0 unspecified atom stereocenters. The Morgan fingerprint density at radius 3 is 3.18 bits per heavy atom. The van der Waals surface area contributed by atoms with Crippen LogP contribution in [0.4, 0.5) is 5.13 Å². The number of anilines is 1. The lowest BCUT2D eigenvalue weighted by Gasteiger charge is -1.95. The maximum absolute atomic E-state index is 5.43. The highest BCUT2D eigenvalue weighted by atomic mass is 32.1. The fourth-order valence-electron chi connectivity index (χ4n) is 0.657. The van der Waals surface area contributed by atoms with Crippen molar-refractivity contribution in [2.75, 3.05) is 18.9 Å². The van der Waals surface area contributed by atoms with Crippen molar-refractivity contribution in [2.24, 2.45) is 0 Å². The van der Waals surface area contributed by atoms with Gasteiger partial charge in [0.05, 0.1) is 12.3 Å². The summed E-state index contributed by atoms with van der Waals surface area (Å²) in [6, 6.07) is 0. The summed E-state index contributed by atoms with van der Waals surface area (Å²) in [5, 5.41) is 2.52. The molecule has 2 N–H and O–H groups in total. The van der Waals surface area contributed by atoms with Crippen molar-refractivity contribution in [1.82, 2.24) is 4.98 Å². The molecule has 0 saturated heterocycles. The number of rotatable bonds is 4. The molecule has 0 bridgehead atoms. The molecule has 0 aliphatic rings. The van der Waals surface area contributed by atoms with Crippen LogP contribution < -0.4 is 5.73 Å². The first kappa shape index (κ1) is 8.49. The van der Waals surface area contributed by atoms with Gasteiger partial charge in [0.2, 0.25) is 0 Å². The van der Waals surface area contributed by atoms with Gasteiger partial charge in [0.1, 0.15) is 0 Å². The lowest BCUT2D eigenvalue weighted by molar-refractivity contribution is 0.170. The van der Waals surface area contributed by atoms with E-state index in [1.807, 2.05) is 18.7 Å². The summed E-state index contributed by atoms with van der Waals surface area (Å²) >= 11 is 1.44. The summed E-state index contributed by atoms with van der Waals surface area (Å²) in [4.78, 5) is 4.04. The van der Waals surface area contributed by atoms with Gasteiger partial charge in [0.25, 0.3) is 0 Å². The predicted octanol–water partition coefficient (Wildman–Crippen LogP) is 1.31. The highest BCUT2D eigenvalue weighted by Gasteiger charge is 1.97. The average Bonchev–Trinajstić information content (AvgIpc) is 2.37. The Kier molecular flexibility index (Phi) is 3.32. The minimum Gasteiger partial charge on any atom is -0.381 e. The number of nitrogens with zero attached hydrogens (tertiary/aromatic N) is 1. The lowest BCUT2D eigenvalue weighted by Crippen LogP contribution is -1.95. The van der Waals surface area contributed by atoms with Crippen LogP contribution in [0.25, 0.3) is 0 Å². The monoisotopic (exact) mass is 171 g/mol. The van der Waals surface area contributed by atoms with Crippen molar-refractivity contribution in [3.05, 3.63) is 17.5 Å². The molecule has 1 rings (SSSR count). The van der Waals surface area contributed by atoms with Crippen molar-refractivity contribution in [2.45, 2.75) is 6.92 Å². The minimum atomic E-state index is 0.604. The molecule has 0 aliphatic carbocycles. The van der Waals surface area contributed by atoms with Gasteiger partial charge in [-0.15, -0.1) is 11.3 Å². The van der Waals surface area contributed by atoms with E-state index >= 15 is 0 Å². The quantitative estimate of drug-likeness (QED) is 0.695. The van der Waals surface area contributed by atoms with Gasteiger partial charge in [-0.05, 0) is 6.92 Å². The molecular weight excluding hydrogens is 160 g/mol. The summed E-state index contributed by atoms with van der Waals surface area (Å²) in [6.07, 6.45) is 1.91. The normalized spacial score (nSPS) is 10.3. The van der Waals surface area contributed by atoms with E-state index in [4.69, 9.17) is 10.5 Å². The van der Waals surface area contributed by atoms with Gasteiger partial charge in [-0.2, -0.15) is 0 Å². The molecule has 1 heterocycles. The molecule has 0 saturated carbocycles. The molecule has 1 radical (unpaired) electrons. The number of aromatic nitrogens is 1. The Hall–Kier alpha value is -0.610. The van der Waals surface area contributed by atoms with E-state index in [1.54, 1.807) is 0 Å². The third kappa shape index (κ3) is 2.86. The van der Waals surface area contributed by atoms with Gasteiger partial charge in [0.15, 0.2) is 5.13 Å². The van der Waals surface area contributed by atoms with Gasteiger partial charge < -0.3 is 10.5 Å². The Bertz CT molecular complexity index is 212. The molecule has 0 aliphatic heterocycles. The van der Waals surface area contributed by atoms with E-state index in [0.29, 0.717) is 11.7 Å². The zero-order chi connectivity index (χ0) is 8.10.